The Morgan fingerprint density at radius 3 is 2.00 bits per heavy atom. The standard InChI is InChI=1S/C49H88O5/c1-7-8-9-10-11-12-13-14-15-16-17-18-19-20-21-22-34-52-36-42(37-53-47(50)51)54-41-30-32-48(5)40(35-41)26-27-43-45-29-28-44(39(4)25-23-24-38(2)3)49(45,6)33-31-46(43)48/h26,38-39,41-46H,7-25,27-37H2,1-6H3,(H,50,51)/t39-,41?,42?,43?,44-,45?,46?,48+,49-/m1/s1. The molecule has 0 amide bonds. The molecular weight excluding hydrogens is 669 g/mol. The van der Waals surface area contributed by atoms with Crippen molar-refractivity contribution < 1.29 is 24.1 Å². The van der Waals surface area contributed by atoms with Crippen LogP contribution in [0.1, 0.15) is 215 Å². The fourth-order valence-corrected chi connectivity index (χ4v) is 12.3. The van der Waals surface area contributed by atoms with Crippen LogP contribution in [0.5, 0.6) is 0 Å². The molecule has 314 valence electrons. The van der Waals surface area contributed by atoms with Gasteiger partial charge in [-0.1, -0.05) is 169 Å². The molecule has 0 aromatic carbocycles. The highest BCUT2D eigenvalue weighted by Gasteiger charge is 2.59. The molecule has 0 aromatic heterocycles. The predicted molar refractivity (Wildman–Crippen MR) is 226 cm³/mol. The minimum absolute atomic E-state index is 0.0448. The van der Waals surface area contributed by atoms with Gasteiger partial charge in [-0.2, -0.15) is 0 Å². The number of fused-ring (bicyclic) bond motifs is 5. The Balaban J connectivity index is 1.13. The molecule has 0 aromatic rings. The summed E-state index contributed by atoms with van der Waals surface area (Å²) in [4.78, 5) is 11.3. The van der Waals surface area contributed by atoms with Gasteiger partial charge in [0.2, 0.25) is 0 Å². The molecule has 0 saturated heterocycles. The molecule has 5 heteroatoms. The number of hydrogen-bond donors (Lipinski definition) is 1. The van der Waals surface area contributed by atoms with E-state index in [0.717, 1.165) is 54.8 Å². The van der Waals surface area contributed by atoms with E-state index in [-0.39, 0.29) is 24.2 Å². The van der Waals surface area contributed by atoms with Gasteiger partial charge in [-0.05, 0) is 104 Å². The van der Waals surface area contributed by atoms with Gasteiger partial charge in [0.05, 0.1) is 12.7 Å². The van der Waals surface area contributed by atoms with E-state index in [2.05, 4.69) is 47.6 Å². The summed E-state index contributed by atoms with van der Waals surface area (Å²) in [7, 11) is 0. The van der Waals surface area contributed by atoms with Crippen LogP contribution in [0.2, 0.25) is 0 Å². The molecule has 4 aliphatic rings. The van der Waals surface area contributed by atoms with E-state index in [9.17, 15) is 9.90 Å². The third-order valence-electron chi connectivity index (χ3n) is 15.5. The van der Waals surface area contributed by atoms with E-state index < -0.39 is 6.16 Å². The van der Waals surface area contributed by atoms with Crippen molar-refractivity contribution in [1.82, 2.24) is 0 Å². The highest BCUT2D eigenvalue weighted by molar-refractivity contribution is 5.56. The van der Waals surface area contributed by atoms with Crippen LogP contribution in [0.15, 0.2) is 11.6 Å². The van der Waals surface area contributed by atoms with E-state index in [1.54, 1.807) is 5.57 Å². The number of carboxylic acid groups (broad SMARTS) is 1. The average Bonchev–Trinajstić information content (AvgIpc) is 3.50. The molecule has 0 aliphatic heterocycles. The molecule has 9 atom stereocenters. The van der Waals surface area contributed by atoms with Gasteiger partial charge >= 0.3 is 6.16 Å². The van der Waals surface area contributed by atoms with Crippen molar-refractivity contribution in [3.05, 3.63) is 11.6 Å². The van der Waals surface area contributed by atoms with Gasteiger partial charge in [0.1, 0.15) is 12.7 Å². The zero-order valence-electron chi connectivity index (χ0n) is 36.5. The van der Waals surface area contributed by atoms with Gasteiger partial charge < -0.3 is 19.3 Å². The largest absolute Gasteiger partial charge is 0.505 e. The van der Waals surface area contributed by atoms with Crippen LogP contribution < -0.4 is 0 Å². The smallest absolute Gasteiger partial charge is 0.450 e. The van der Waals surface area contributed by atoms with Gasteiger partial charge in [-0.25, -0.2) is 4.79 Å². The molecule has 0 spiro atoms. The Morgan fingerprint density at radius 1 is 0.759 bits per heavy atom. The monoisotopic (exact) mass is 757 g/mol. The Bertz CT molecular complexity index is 1070. The van der Waals surface area contributed by atoms with Crippen LogP contribution in [-0.2, 0) is 14.2 Å². The topological polar surface area (TPSA) is 65.0 Å². The normalized spacial score (nSPS) is 30.4. The van der Waals surface area contributed by atoms with Crippen molar-refractivity contribution in [2.24, 2.45) is 46.3 Å². The quantitative estimate of drug-likeness (QED) is 0.0489. The summed E-state index contributed by atoms with van der Waals surface area (Å²) in [5.74, 6) is 5.07. The Morgan fingerprint density at radius 2 is 1.39 bits per heavy atom. The second-order valence-electron chi connectivity index (χ2n) is 19.9. The van der Waals surface area contributed by atoms with Crippen molar-refractivity contribution >= 4 is 6.16 Å². The molecule has 0 bridgehead atoms. The van der Waals surface area contributed by atoms with Crippen molar-refractivity contribution in [1.29, 1.82) is 0 Å². The van der Waals surface area contributed by atoms with Gasteiger partial charge in [0, 0.05) is 6.61 Å². The number of rotatable bonds is 28. The number of unbranched alkanes of at least 4 members (excludes halogenated alkanes) is 15. The number of allylic oxidation sites excluding steroid dienone is 1. The second-order valence-corrected chi connectivity index (χ2v) is 19.9. The summed E-state index contributed by atoms with van der Waals surface area (Å²) < 4.78 is 17.7. The van der Waals surface area contributed by atoms with E-state index in [4.69, 9.17) is 14.2 Å². The number of ether oxygens (including phenoxy) is 3. The van der Waals surface area contributed by atoms with E-state index in [1.165, 1.54) is 154 Å². The molecule has 1 N–H and O–H groups in total. The minimum atomic E-state index is -1.23. The summed E-state index contributed by atoms with van der Waals surface area (Å²) in [6, 6.07) is 0. The van der Waals surface area contributed by atoms with Gasteiger partial charge in [0.25, 0.3) is 0 Å². The molecule has 54 heavy (non-hydrogen) atoms. The molecule has 5 unspecified atom stereocenters. The molecule has 0 radical (unpaired) electrons. The SMILES string of the molecule is CCCCCCCCCCCCCCCCCCOCC(COC(=O)O)OC1CC[C@@]2(C)C(=CCC3C2CC[C@@]2(C)C3CC[C@@H]2[C@H](C)CCCC(C)C)C1. The second kappa shape index (κ2) is 24.0. The van der Waals surface area contributed by atoms with Crippen LogP contribution in [-0.4, -0.2) is 43.3 Å². The summed E-state index contributed by atoms with van der Waals surface area (Å²) in [5, 5.41) is 9.25. The molecule has 0 heterocycles. The Kier molecular flexibility index (Phi) is 20.3. The maximum Gasteiger partial charge on any atom is 0.505 e. The average molecular weight is 757 g/mol. The first-order valence-electron chi connectivity index (χ1n) is 23.9. The summed E-state index contributed by atoms with van der Waals surface area (Å²) >= 11 is 0. The first kappa shape index (κ1) is 45.6. The molecule has 4 aliphatic carbocycles. The summed E-state index contributed by atoms with van der Waals surface area (Å²) in [6.07, 6.45) is 37.2. The Labute approximate surface area is 334 Å². The maximum absolute atomic E-state index is 11.3. The van der Waals surface area contributed by atoms with E-state index in [1.807, 2.05) is 0 Å². The predicted octanol–water partition coefficient (Wildman–Crippen LogP) is 14.8. The van der Waals surface area contributed by atoms with Crippen molar-refractivity contribution in [3.63, 3.8) is 0 Å². The zero-order chi connectivity index (χ0) is 38.8. The highest BCUT2D eigenvalue weighted by atomic mass is 16.7. The van der Waals surface area contributed by atoms with Gasteiger partial charge in [-0.3, -0.25) is 0 Å². The van der Waals surface area contributed by atoms with Crippen LogP contribution in [0.4, 0.5) is 4.79 Å². The molecule has 3 saturated carbocycles. The fraction of sp³-hybridized carbons (Fsp3) is 0.939. The first-order chi connectivity index (χ1) is 26.1. The molecule has 4 rings (SSSR count). The highest BCUT2D eigenvalue weighted by Crippen LogP contribution is 2.67. The first-order valence-corrected chi connectivity index (χ1v) is 23.9. The molecule has 5 nitrogen and oxygen atoms in total. The van der Waals surface area contributed by atoms with Crippen molar-refractivity contribution in [2.75, 3.05) is 19.8 Å². The zero-order valence-corrected chi connectivity index (χ0v) is 36.5. The van der Waals surface area contributed by atoms with Crippen LogP contribution in [0.25, 0.3) is 0 Å². The van der Waals surface area contributed by atoms with Crippen LogP contribution >= 0.6 is 0 Å². The van der Waals surface area contributed by atoms with E-state index >= 15 is 0 Å². The lowest BCUT2D eigenvalue weighted by Crippen LogP contribution is -2.51. The third-order valence-corrected chi connectivity index (χ3v) is 15.5. The van der Waals surface area contributed by atoms with Gasteiger partial charge in [0.15, 0.2) is 0 Å². The lowest BCUT2D eigenvalue weighted by Gasteiger charge is -2.58. The fourth-order valence-electron chi connectivity index (χ4n) is 12.3. The van der Waals surface area contributed by atoms with Crippen LogP contribution in [0.3, 0.4) is 0 Å². The van der Waals surface area contributed by atoms with Crippen molar-refractivity contribution in [3.8, 4) is 0 Å². The maximum atomic E-state index is 11.3. The lowest BCUT2D eigenvalue weighted by molar-refractivity contribution is -0.105. The minimum Gasteiger partial charge on any atom is -0.450 e. The lowest BCUT2D eigenvalue weighted by atomic mass is 9.47. The van der Waals surface area contributed by atoms with Crippen molar-refractivity contribution in [2.45, 2.75) is 227 Å². The molecular formula is C49H88O5. The van der Waals surface area contributed by atoms with Crippen LogP contribution in [0, 0.1) is 46.3 Å². The summed E-state index contributed by atoms with van der Waals surface area (Å²) in [5.41, 5.74) is 2.42. The number of carbonyl (C=O) groups is 1. The number of hydrogen-bond acceptors (Lipinski definition) is 4. The van der Waals surface area contributed by atoms with Gasteiger partial charge in [-0.15, -0.1) is 0 Å². The third kappa shape index (κ3) is 13.8. The Hall–Kier alpha value is -1.07. The molecule has 3 fully saturated rings. The summed E-state index contributed by atoms with van der Waals surface area (Å²) in [6.45, 7) is 16.0. The van der Waals surface area contributed by atoms with E-state index in [0.29, 0.717) is 18.6 Å².